The smallest absolute Gasteiger partial charge is 0.122 e. The number of benzene rings is 1. The molecule has 2 heteroatoms. The minimum absolute atomic E-state index is 0.191. The van der Waals surface area contributed by atoms with E-state index in [1.165, 1.54) is 24.0 Å². The molecule has 1 N–H and O–H groups in total. The maximum atomic E-state index is 6.11. The van der Waals surface area contributed by atoms with Crippen LogP contribution in [0.25, 0.3) is 0 Å². The minimum Gasteiger partial charge on any atom is -0.489 e. The Morgan fingerprint density at radius 1 is 1.10 bits per heavy atom. The van der Waals surface area contributed by atoms with Crippen LogP contribution >= 0.6 is 0 Å². The lowest BCUT2D eigenvalue weighted by molar-refractivity contribution is 0.208. The van der Waals surface area contributed by atoms with Gasteiger partial charge < -0.3 is 10.1 Å². The fraction of sp³-hybridized carbons (Fsp3) is 0.667. The molecule has 0 spiro atoms. The van der Waals surface area contributed by atoms with E-state index in [9.17, 15) is 0 Å². The van der Waals surface area contributed by atoms with Crippen molar-refractivity contribution in [3.05, 3.63) is 29.3 Å². The normalized spacial score (nSPS) is 13.0. The van der Waals surface area contributed by atoms with Crippen molar-refractivity contribution in [1.82, 2.24) is 5.32 Å². The van der Waals surface area contributed by atoms with E-state index < -0.39 is 0 Å². The first-order valence-electron chi connectivity index (χ1n) is 7.98. The number of hydrogen-bond donors (Lipinski definition) is 1. The summed E-state index contributed by atoms with van der Waals surface area (Å²) in [4.78, 5) is 0. The van der Waals surface area contributed by atoms with Crippen LogP contribution in [0.5, 0.6) is 5.75 Å². The van der Waals surface area contributed by atoms with Gasteiger partial charge in [0.1, 0.15) is 11.9 Å². The molecule has 20 heavy (non-hydrogen) atoms. The van der Waals surface area contributed by atoms with E-state index in [0.29, 0.717) is 12.0 Å². The summed E-state index contributed by atoms with van der Waals surface area (Å²) in [6.45, 7) is 14.0. The molecule has 1 unspecified atom stereocenters. The molecule has 0 amide bonds. The lowest BCUT2D eigenvalue weighted by atomic mass is 10.0. The molecular formula is C18H31NO. The van der Waals surface area contributed by atoms with Gasteiger partial charge in [0, 0.05) is 12.6 Å². The summed E-state index contributed by atoms with van der Waals surface area (Å²) in [5.41, 5.74) is 2.55. The molecule has 0 aliphatic rings. The van der Waals surface area contributed by atoms with Gasteiger partial charge in [0.05, 0.1) is 0 Å². The zero-order valence-electron chi connectivity index (χ0n) is 14.0. The molecule has 0 bridgehead atoms. The first-order valence-corrected chi connectivity index (χ1v) is 7.98. The molecule has 0 heterocycles. The molecule has 0 radical (unpaired) electrons. The maximum absolute atomic E-state index is 6.11. The highest BCUT2D eigenvalue weighted by Crippen LogP contribution is 2.25. The molecule has 2 nitrogen and oxygen atoms in total. The standard InChI is InChI=1S/C18H31NO/c1-7-17(8-2)19-12-15(6)20-18-11-16(13(3)4)10-9-14(18)5/h9-11,13,15,17,19H,7-8,12H2,1-6H3. The van der Waals surface area contributed by atoms with Gasteiger partial charge >= 0.3 is 0 Å². The Morgan fingerprint density at radius 2 is 1.75 bits per heavy atom. The summed E-state index contributed by atoms with van der Waals surface area (Å²) in [5, 5.41) is 3.57. The summed E-state index contributed by atoms with van der Waals surface area (Å²) in [6, 6.07) is 7.14. The second-order valence-electron chi connectivity index (χ2n) is 6.03. The van der Waals surface area contributed by atoms with E-state index in [-0.39, 0.29) is 6.10 Å². The van der Waals surface area contributed by atoms with Crippen LogP contribution in [-0.4, -0.2) is 18.7 Å². The third kappa shape index (κ3) is 5.16. The summed E-state index contributed by atoms with van der Waals surface area (Å²) < 4.78 is 6.11. The third-order valence-electron chi connectivity index (χ3n) is 3.89. The fourth-order valence-corrected chi connectivity index (χ4v) is 2.27. The Morgan fingerprint density at radius 3 is 2.30 bits per heavy atom. The summed E-state index contributed by atoms with van der Waals surface area (Å²) >= 11 is 0. The molecular weight excluding hydrogens is 246 g/mol. The second-order valence-corrected chi connectivity index (χ2v) is 6.03. The predicted octanol–water partition coefficient (Wildman–Crippen LogP) is 4.66. The Bertz CT molecular complexity index is 396. The number of rotatable bonds is 8. The molecule has 1 atom stereocenters. The predicted molar refractivity (Wildman–Crippen MR) is 87.7 cm³/mol. The molecule has 0 aromatic heterocycles. The first kappa shape index (κ1) is 17.0. The van der Waals surface area contributed by atoms with Gasteiger partial charge in [0.15, 0.2) is 0 Å². The van der Waals surface area contributed by atoms with Crippen LogP contribution in [0.3, 0.4) is 0 Å². The minimum atomic E-state index is 0.191. The largest absolute Gasteiger partial charge is 0.489 e. The van der Waals surface area contributed by atoms with Crippen LogP contribution in [-0.2, 0) is 0 Å². The van der Waals surface area contributed by atoms with Crippen LogP contribution < -0.4 is 10.1 Å². The van der Waals surface area contributed by atoms with Crippen LogP contribution in [0, 0.1) is 6.92 Å². The Hall–Kier alpha value is -1.02. The van der Waals surface area contributed by atoms with Gasteiger partial charge in [-0.1, -0.05) is 39.8 Å². The van der Waals surface area contributed by atoms with Gasteiger partial charge in [-0.3, -0.25) is 0 Å². The van der Waals surface area contributed by atoms with Crippen molar-refractivity contribution in [3.8, 4) is 5.75 Å². The molecule has 0 fully saturated rings. The number of aryl methyl sites for hydroxylation is 1. The van der Waals surface area contributed by atoms with Crippen molar-refractivity contribution >= 4 is 0 Å². The number of ether oxygens (including phenoxy) is 1. The Balaban J connectivity index is 2.61. The molecule has 0 saturated carbocycles. The van der Waals surface area contributed by atoms with Crippen molar-refractivity contribution in [1.29, 1.82) is 0 Å². The summed E-state index contributed by atoms with van der Waals surface area (Å²) in [5.74, 6) is 1.56. The molecule has 1 aromatic carbocycles. The highest BCUT2D eigenvalue weighted by Gasteiger charge is 2.10. The van der Waals surface area contributed by atoms with Gasteiger partial charge in [0.25, 0.3) is 0 Å². The van der Waals surface area contributed by atoms with Crippen molar-refractivity contribution in [2.45, 2.75) is 72.4 Å². The first-order chi connectivity index (χ1) is 9.47. The molecule has 1 rings (SSSR count). The zero-order valence-corrected chi connectivity index (χ0v) is 14.0. The van der Waals surface area contributed by atoms with Crippen molar-refractivity contribution in [2.24, 2.45) is 0 Å². The monoisotopic (exact) mass is 277 g/mol. The third-order valence-corrected chi connectivity index (χ3v) is 3.89. The Labute approximate surface area is 124 Å². The van der Waals surface area contributed by atoms with Gasteiger partial charge in [0.2, 0.25) is 0 Å². The quantitative estimate of drug-likeness (QED) is 0.746. The average Bonchev–Trinajstić information content (AvgIpc) is 2.42. The molecule has 0 aliphatic carbocycles. The van der Waals surface area contributed by atoms with Crippen LogP contribution in [0.2, 0.25) is 0 Å². The van der Waals surface area contributed by atoms with E-state index in [1.807, 2.05) is 0 Å². The fourth-order valence-electron chi connectivity index (χ4n) is 2.27. The average molecular weight is 277 g/mol. The van der Waals surface area contributed by atoms with Crippen LogP contribution in [0.4, 0.5) is 0 Å². The topological polar surface area (TPSA) is 21.3 Å². The SMILES string of the molecule is CCC(CC)NCC(C)Oc1cc(C(C)C)ccc1C. The van der Waals surface area contributed by atoms with E-state index in [1.54, 1.807) is 0 Å². The zero-order chi connectivity index (χ0) is 15.1. The van der Waals surface area contributed by atoms with Gasteiger partial charge in [-0.15, -0.1) is 0 Å². The summed E-state index contributed by atoms with van der Waals surface area (Å²) in [7, 11) is 0. The maximum Gasteiger partial charge on any atom is 0.122 e. The van der Waals surface area contributed by atoms with Crippen molar-refractivity contribution in [3.63, 3.8) is 0 Å². The molecule has 114 valence electrons. The molecule has 0 aliphatic heterocycles. The van der Waals surface area contributed by atoms with Gasteiger partial charge in [-0.05, 0) is 49.8 Å². The van der Waals surface area contributed by atoms with Crippen molar-refractivity contribution in [2.75, 3.05) is 6.54 Å². The van der Waals surface area contributed by atoms with Gasteiger partial charge in [-0.2, -0.15) is 0 Å². The van der Waals surface area contributed by atoms with E-state index in [2.05, 4.69) is 65.1 Å². The van der Waals surface area contributed by atoms with Crippen molar-refractivity contribution < 1.29 is 4.74 Å². The van der Waals surface area contributed by atoms with E-state index in [0.717, 1.165) is 12.3 Å². The Kier molecular flexibility index (Phi) is 7.08. The lowest BCUT2D eigenvalue weighted by Gasteiger charge is -2.21. The van der Waals surface area contributed by atoms with E-state index >= 15 is 0 Å². The second kappa shape index (κ2) is 8.31. The number of hydrogen-bond acceptors (Lipinski definition) is 2. The summed E-state index contributed by atoms with van der Waals surface area (Å²) in [6.07, 6.45) is 2.53. The van der Waals surface area contributed by atoms with Gasteiger partial charge in [-0.25, -0.2) is 0 Å². The van der Waals surface area contributed by atoms with E-state index in [4.69, 9.17) is 4.74 Å². The highest BCUT2D eigenvalue weighted by atomic mass is 16.5. The molecule has 1 aromatic rings. The number of nitrogens with one attached hydrogen (secondary N) is 1. The van der Waals surface area contributed by atoms with Crippen LogP contribution in [0.1, 0.15) is 64.5 Å². The lowest BCUT2D eigenvalue weighted by Crippen LogP contribution is -2.36. The molecule has 0 saturated heterocycles. The van der Waals surface area contributed by atoms with Crippen LogP contribution in [0.15, 0.2) is 18.2 Å². The highest BCUT2D eigenvalue weighted by molar-refractivity contribution is 5.37.